The zero-order valence-electron chi connectivity index (χ0n) is 6.52. The molecule has 1 aromatic rings. The van der Waals surface area contributed by atoms with Crippen molar-refractivity contribution in [2.45, 2.75) is 20.0 Å². The predicted octanol–water partition coefficient (Wildman–Crippen LogP) is 0.575. The SMILES string of the molecule is Cc1ncc2c(c1N)CNC2. The van der Waals surface area contributed by atoms with Crippen LogP contribution in [0.4, 0.5) is 5.69 Å². The fourth-order valence-electron chi connectivity index (χ4n) is 1.40. The lowest BCUT2D eigenvalue weighted by molar-refractivity contribution is 0.765. The molecule has 0 unspecified atom stereocenters. The maximum atomic E-state index is 5.83. The smallest absolute Gasteiger partial charge is 0.0605 e. The molecule has 3 nitrogen and oxygen atoms in total. The van der Waals surface area contributed by atoms with Crippen molar-refractivity contribution < 1.29 is 0 Å². The molecule has 0 radical (unpaired) electrons. The van der Waals surface area contributed by atoms with E-state index in [9.17, 15) is 0 Å². The summed E-state index contributed by atoms with van der Waals surface area (Å²) in [5.41, 5.74) is 10.1. The van der Waals surface area contributed by atoms with Gasteiger partial charge in [-0.1, -0.05) is 0 Å². The summed E-state index contributed by atoms with van der Waals surface area (Å²) >= 11 is 0. The summed E-state index contributed by atoms with van der Waals surface area (Å²) in [4.78, 5) is 4.19. The normalized spacial score (nSPS) is 15.0. The number of fused-ring (bicyclic) bond motifs is 1. The summed E-state index contributed by atoms with van der Waals surface area (Å²) in [5, 5.41) is 3.24. The van der Waals surface area contributed by atoms with Crippen LogP contribution in [0.15, 0.2) is 6.20 Å². The van der Waals surface area contributed by atoms with E-state index < -0.39 is 0 Å². The minimum Gasteiger partial charge on any atom is -0.397 e. The van der Waals surface area contributed by atoms with E-state index in [1.165, 1.54) is 11.1 Å². The minimum atomic E-state index is 0.854. The van der Waals surface area contributed by atoms with Crippen LogP contribution in [0.25, 0.3) is 0 Å². The molecule has 0 aliphatic carbocycles. The van der Waals surface area contributed by atoms with Crippen LogP contribution >= 0.6 is 0 Å². The first-order valence-electron chi connectivity index (χ1n) is 3.72. The number of nitrogens with zero attached hydrogens (tertiary/aromatic N) is 1. The average Bonchev–Trinajstić information content (AvgIpc) is 2.45. The third-order valence-electron chi connectivity index (χ3n) is 2.13. The second-order valence-corrected chi connectivity index (χ2v) is 2.86. The molecular weight excluding hydrogens is 138 g/mol. The first-order chi connectivity index (χ1) is 5.29. The van der Waals surface area contributed by atoms with Crippen LogP contribution in [-0.4, -0.2) is 4.98 Å². The Balaban J connectivity index is 2.62. The molecule has 58 valence electrons. The van der Waals surface area contributed by atoms with Crippen LogP contribution in [-0.2, 0) is 13.1 Å². The molecule has 0 bridgehead atoms. The molecule has 0 aromatic carbocycles. The number of rotatable bonds is 0. The van der Waals surface area contributed by atoms with Crippen LogP contribution in [0, 0.1) is 6.92 Å². The number of anilines is 1. The fourth-order valence-corrected chi connectivity index (χ4v) is 1.40. The minimum absolute atomic E-state index is 0.854. The van der Waals surface area contributed by atoms with Crippen LogP contribution in [0.5, 0.6) is 0 Å². The summed E-state index contributed by atoms with van der Waals surface area (Å²) in [7, 11) is 0. The number of hydrogen-bond donors (Lipinski definition) is 2. The van der Waals surface area contributed by atoms with Gasteiger partial charge in [0.1, 0.15) is 0 Å². The first kappa shape index (κ1) is 6.61. The summed E-state index contributed by atoms with van der Waals surface area (Å²) in [6.45, 7) is 3.74. The van der Waals surface area contributed by atoms with Crippen LogP contribution in [0.2, 0.25) is 0 Å². The molecule has 1 aliphatic heterocycles. The number of pyridine rings is 1. The topological polar surface area (TPSA) is 50.9 Å². The molecule has 0 saturated heterocycles. The van der Waals surface area contributed by atoms with Crippen molar-refractivity contribution in [2.24, 2.45) is 0 Å². The van der Waals surface area contributed by atoms with Crippen LogP contribution in [0.3, 0.4) is 0 Å². The highest BCUT2D eigenvalue weighted by atomic mass is 14.9. The Hall–Kier alpha value is -1.09. The van der Waals surface area contributed by atoms with Gasteiger partial charge in [-0.3, -0.25) is 4.98 Å². The van der Waals surface area contributed by atoms with Gasteiger partial charge in [0.25, 0.3) is 0 Å². The third-order valence-corrected chi connectivity index (χ3v) is 2.13. The fraction of sp³-hybridized carbons (Fsp3) is 0.375. The Morgan fingerprint density at radius 2 is 2.36 bits per heavy atom. The molecule has 3 N–H and O–H groups in total. The Morgan fingerprint density at radius 3 is 3.18 bits per heavy atom. The number of aryl methyl sites for hydroxylation is 1. The zero-order valence-corrected chi connectivity index (χ0v) is 6.52. The number of hydrogen-bond acceptors (Lipinski definition) is 3. The molecule has 1 aromatic heterocycles. The summed E-state index contributed by atoms with van der Waals surface area (Å²) in [5.74, 6) is 0. The van der Waals surface area contributed by atoms with Crippen LogP contribution < -0.4 is 11.1 Å². The van der Waals surface area contributed by atoms with E-state index in [0.717, 1.165) is 24.5 Å². The predicted molar refractivity (Wildman–Crippen MR) is 43.9 cm³/mol. The molecule has 2 heterocycles. The molecule has 0 spiro atoms. The maximum Gasteiger partial charge on any atom is 0.0605 e. The van der Waals surface area contributed by atoms with Gasteiger partial charge in [0.15, 0.2) is 0 Å². The van der Waals surface area contributed by atoms with Gasteiger partial charge in [0.2, 0.25) is 0 Å². The second kappa shape index (κ2) is 2.20. The molecule has 11 heavy (non-hydrogen) atoms. The van der Waals surface area contributed by atoms with Gasteiger partial charge < -0.3 is 11.1 Å². The molecule has 0 fully saturated rings. The number of nitrogens with two attached hydrogens (primary N) is 1. The molecular formula is C8H11N3. The highest BCUT2D eigenvalue weighted by Gasteiger charge is 2.14. The van der Waals surface area contributed by atoms with E-state index >= 15 is 0 Å². The summed E-state index contributed by atoms with van der Waals surface area (Å²) in [6.07, 6.45) is 1.90. The largest absolute Gasteiger partial charge is 0.397 e. The van der Waals surface area contributed by atoms with Crippen molar-refractivity contribution in [3.05, 3.63) is 23.0 Å². The molecule has 0 atom stereocenters. The molecule has 1 aliphatic rings. The maximum absolute atomic E-state index is 5.83. The molecule has 0 amide bonds. The molecule has 0 saturated carbocycles. The first-order valence-corrected chi connectivity index (χ1v) is 3.72. The monoisotopic (exact) mass is 149 g/mol. The summed E-state index contributed by atoms with van der Waals surface area (Å²) < 4.78 is 0. The summed E-state index contributed by atoms with van der Waals surface area (Å²) in [6, 6.07) is 0. The average molecular weight is 149 g/mol. The van der Waals surface area contributed by atoms with E-state index in [2.05, 4.69) is 10.3 Å². The van der Waals surface area contributed by atoms with Crippen molar-refractivity contribution >= 4 is 5.69 Å². The quantitative estimate of drug-likeness (QED) is 0.567. The van der Waals surface area contributed by atoms with E-state index in [-0.39, 0.29) is 0 Å². The van der Waals surface area contributed by atoms with E-state index in [0.29, 0.717) is 0 Å². The van der Waals surface area contributed by atoms with Crippen LogP contribution in [0.1, 0.15) is 16.8 Å². The van der Waals surface area contributed by atoms with Gasteiger partial charge in [0, 0.05) is 19.3 Å². The molecule has 2 rings (SSSR count). The lowest BCUT2D eigenvalue weighted by Crippen LogP contribution is -2.01. The van der Waals surface area contributed by atoms with Crippen molar-refractivity contribution in [1.82, 2.24) is 10.3 Å². The zero-order chi connectivity index (χ0) is 7.84. The highest BCUT2D eigenvalue weighted by Crippen LogP contribution is 2.22. The third kappa shape index (κ3) is 0.886. The Labute approximate surface area is 65.6 Å². The van der Waals surface area contributed by atoms with Gasteiger partial charge in [0.05, 0.1) is 11.4 Å². The Kier molecular flexibility index (Phi) is 1.32. The van der Waals surface area contributed by atoms with Gasteiger partial charge in [-0.2, -0.15) is 0 Å². The van der Waals surface area contributed by atoms with Gasteiger partial charge in [-0.25, -0.2) is 0 Å². The second-order valence-electron chi connectivity index (χ2n) is 2.86. The van der Waals surface area contributed by atoms with Crippen molar-refractivity contribution in [1.29, 1.82) is 0 Å². The van der Waals surface area contributed by atoms with Gasteiger partial charge in [-0.15, -0.1) is 0 Å². The van der Waals surface area contributed by atoms with E-state index in [1.807, 2.05) is 13.1 Å². The lowest BCUT2D eigenvalue weighted by Gasteiger charge is -2.03. The van der Waals surface area contributed by atoms with Crippen molar-refractivity contribution in [2.75, 3.05) is 5.73 Å². The Morgan fingerprint density at radius 1 is 1.55 bits per heavy atom. The van der Waals surface area contributed by atoms with E-state index in [1.54, 1.807) is 0 Å². The standard InChI is InChI=1S/C8H11N3/c1-5-8(9)7-4-10-2-6(7)3-11-5/h3,10H,2,4,9H2,1H3. The molecule has 3 heteroatoms. The highest BCUT2D eigenvalue weighted by molar-refractivity contribution is 5.54. The Bertz CT molecular complexity index is 294. The van der Waals surface area contributed by atoms with Crippen molar-refractivity contribution in [3.8, 4) is 0 Å². The van der Waals surface area contributed by atoms with E-state index in [4.69, 9.17) is 5.73 Å². The van der Waals surface area contributed by atoms with Gasteiger partial charge >= 0.3 is 0 Å². The number of nitrogen functional groups attached to an aromatic ring is 1. The lowest BCUT2D eigenvalue weighted by atomic mass is 10.1. The number of aromatic nitrogens is 1. The number of nitrogens with one attached hydrogen (secondary N) is 1. The van der Waals surface area contributed by atoms with Gasteiger partial charge in [-0.05, 0) is 18.1 Å². The van der Waals surface area contributed by atoms with Crippen molar-refractivity contribution in [3.63, 3.8) is 0 Å².